The first kappa shape index (κ1) is 23.3. The lowest BCUT2D eigenvalue weighted by molar-refractivity contribution is -0.129. The predicted octanol–water partition coefficient (Wildman–Crippen LogP) is 2.56. The molecule has 3 aromatic rings. The van der Waals surface area contributed by atoms with Crippen LogP contribution < -0.4 is 15.2 Å². The highest BCUT2D eigenvalue weighted by atomic mass is 32.2. The summed E-state index contributed by atoms with van der Waals surface area (Å²) in [5, 5.41) is 9.12. The van der Waals surface area contributed by atoms with E-state index in [1.54, 1.807) is 6.26 Å². The van der Waals surface area contributed by atoms with Gasteiger partial charge in [-0.05, 0) is 42.7 Å². The fourth-order valence-corrected chi connectivity index (χ4v) is 5.29. The quantitative estimate of drug-likeness (QED) is 0.447. The van der Waals surface area contributed by atoms with Crippen molar-refractivity contribution >= 4 is 23.6 Å². The molecule has 0 spiro atoms. The molecule has 2 N–H and O–H groups in total. The van der Waals surface area contributed by atoms with E-state index < -0.39 is 5.91 Å². The van der Waals surface area contributed by atoms with Gasteiger partial charge in [0.1, 0.15) is 24.8 Å². The lowest BCUT2D eigenvalue weighted by Gasteiger charge is -2.26. The zero-order valence-electron chi connectivity index (χ0n) is 19.2. The zero-order valence-corrected chi connectivity index (χ0v) is 20.0. The van der Waals surface area contributed by atoms with Crippen molar-refractivity contribution in [1.29, 1.82) is 0 Å². The van der Waals surface area contributed by atoms with E-state index in [-0.39, 0.29) is 24.1 Å². The molecule has 1 saturated heterocycles. The van der Waals surface area contributed by atoms with Crippen LogP contribution in [0, 0.1) is 0 Å². The van der Waals surface area contributed by atoms with Gasteiger partial charge < -0.3 is 24.5 Å². The van der Waals surface area contributed by atoms with Crippen molar-refractivity contribution in [3.05, 3.63) is 53.7 Å². The molecule has 1 aromatic carbocycles. The minimum atomic E-state index is -0.402. The molecule has 0 aliphatic carbocycles. The van der Waals surface area contributed by atoms with Gasteiger partial charge in [0.2, 0.25) is 11.8 Å². The molecule has 2 aromatic heterocycles. The summed E-state index contributed by atoms with van der Waals surface area (Å²) in [7, 11) is 0. The molecule has 1 atom stereocenters. The molecular weight excluding hydrogens is 470 g/mol. The molecule has 1 unspecified atom stereocenters. The molecule has 5 rings (SSSR count). The van der Waals surface area contributed by atoms with E-state index in [2.05, 4.69) is 10.2 Å². The van der Waals surface area contributed by atoms with Gasteiger partial charge in [0.05, 0.1) is 24.6 Å². The Labute approximate surface area is 206 Å². The summed E-state index contributed by atoms with van der Waals surface area (Å²) in [5.41, 5.74) is 6.37. The van der Waals surface area contributed by atoms with Crippen LogP contribution in [0.5, 0.6) is 11.5 Å². The molecule has 0 radical (unpaired) electrons. The largest absolute Gasteiger partial charge is 0.486 e. The lowest BCUT2D eigenvalue weighted by Crippen LogP contribution is -2.32. The van der Waals surface area contributed by atoms with E-state index in [0.29, 0.717) is 43.7 Å². The van der Waals surface area contributed by atoms with Crippen molar-refractivity contribution in [2.24, 2.45) is 5.73 Å². The van der Waals surface area contributed by atoms with Crippen LogP contribution in [0.25, 0.3) is 0 Å². The molecule has 2 aliphatic heterocycles. The number of primary amides is 1. The van der Waals surface area contributed by atoms with E-state index in [1.807, 2.05) is 39.8 Å². The van der Waals surface area contributed by atoms with E-state index in [1.165, 1.54) is 11.8 Å². The number of carbonyl (C=O) groups excluding carboxylic acids is 2. The van der Waals surface area contributed by atoms with Crippen LogP contribution in [0.4, 0.5) is 0 Å². The van der Waals surface area contributed by atoms with Gasteiger partial charge >= 0.3 is 0 Å². The molecule has 11 heteroatoms. The Morgan fingerprint density at radius 2 is 2.00 bits per heavy atom. The third kappa shape index (κ3) is 5.29. The maximum Gasteiger partial charge on any atom is 0.233 e. The number of nitrogens with two attached hydrogens (primary N) is 1. The Morgan fingerprint density at radius 1 is 1.14 bits per heavy atom. The van der Waals surface area contributed by atoms with Crippen LogP contribution in [0.3, 0.4) is 0 Å². The van der Waals surface area contributed by atoms with Gasteiger partial charge in [-0.2, -0.15) is 0 Å². The van der Waals surface area contributed by atoms with Gasteiger partial charge in [0.15, 0.2) is 16.7 Å². The summed E-state index contributed by atoms with van der Waals surface area (Å²) in [6.07, 6.45) is 3.99. The Balaban J connectivity index is 1.28. The van der Waals surface area contributed by atoms with Crippen molar-refractivity contribution in [2.45, 2.75) is 43.4 Å². The fraction of sp³-hybridized carbons (Fsp3) is 0.417. The second-order valence-corrected chi connectivity index (χ2v) is 9.41. The fourth-order valence-electron chi connectivity index (χ4n) is 4.45. The summed E-state index contributed by atoms with van der Waals surface area (Å²) in [6, 6.07) is 9.60. The summed E-state index contributed by atoms with van der Waals surface area (Å²) in [4.78, 5) is 26.5. The molecule has 1 fully saturated rings. The SMILES string of the molecule is NC(=O)CCc1nnc(SCC(=O)N2CCCC2c2ccc3c(c2)OCCO3)n1Cc1ccco1. The number of hydrogen-bond donors (Lipinski definition) is 1. The smallest absolute Gasteiger partial charge is 0.233 e. The second kappa shape index (κ2) is 10.4. The molecule has 2 amide bonds. The normalized spacial score (nSPS) is 17.0. The van der Waals surface area contributed by atoms with Gasteiger partial charge in [-0.1, -0.05) is 17.8 Å². The first-order chi connectivity index (χ1) is 17.1. The van der Waals surface area contributed by atoms with E-state index in [9.17, 15) is 9.59 Å². The zero-order chi connectivity index (χ0) is 24.2. The van der Waals surface area contributed by atoms with Gasteiger partial charge in [-0.15, -0.1) is 10.2 Å². The molecule has 10 nitrogen and oxygen atoms in total. The molecular formula is C24H27N5O5S. The molecule has 4 heterocycles. The highest BCUT2D eigenvalue weighted by Gasteiger charge is 2.31. The average Bonchev–Trinajstić information content (AvgIpc) is 3.63. The number of nitrogens with zero attached hydrogens (tertiary/aromatic N) is 4. The van der Waals surface area contributed by atoms with Gasteiger partial charge in [-0.25, -0.2) is 0 Å². The van der Waals surface area contributed by atoms with Crippen molar-refractivity contribution in [2.75, 3.05) is 25.5 Å². The molecule has 0 bridgehead atoms. The number of thioether (sulfide) groups is 1. The Hall–Kier alpha value is -3.47. The molecule has 0 saturated carbocycles. The number of carbonyl (C=O) groups is 2. The van der Waals surface area contributed by atoms with Crippen molar-refractivity contribution in [3.8, 4) is 11.5 Å². The van der Waals surface area contributed by atoms with Crippen LogP contribution in [-0.4, -0.2) is 57.0 Å². The van der Waals surface area contributed by atoms with E-state index >= 15 is 0 Å². The third-order valence-corrected chi connectivity index (χ3v) is 7.08. The molecule has 184 valence electrons. The van der Waals surface area contributed by atoms with E-state index in [4.69, 9.17) is 19.6 Å². The van der Waals surface area contributed by atoms with Crippen LogP contribution in [0.1, 0.15) is 42.5 Å². The summed E-state index contributed by atoms with van der Waals surface area (Å²) in [6.45, 7) is 2.20. The van der Waals surface area contributed by atoms with Gasteiger partial charge in [-0.3, -0.25) is 14.2 Å². The van der Waals surface area contributed by atoms with Crippen LogP contribution >= 0.6 is 11.8 Å². The summed E-state index contributed by atoms with van der Waals surface area (Å²) >= 11 is 1.33. The Kier molecular flexibility index (Phi) is 6.94. The number of benzene rings is 1. The van der Waals surface area contributed by atoms with Crippen molar-refractivity contribution in [3.63, 3.8) is 0 Å². The Bertz CT molecular complexity index is 1200. The van der Waals surface area contributed by atoms with Crippen molar-refractivity contribution in [1.82, 2.24) is 19.7 Å². The number of amides is 2. The van der Waals surface area contributed by atoms with Gasteiger partial charge in [0, 0.05) is 19.4 Å². The third-order valence-electron chi connectivity index (χ3n) is 6.13. The highest BCUT2D eigenvalue weighted by molar-refractivity contribution is 7.99. The maximum atomic E-state index is 13.3. The minimum Gasteiger partial charge on any atom is -0.486 e. The Morgan fingerprint density at radius 3 is 2.80 bits per heavy atom. The number of rotatable bonds is 9. The number of ether oxygens (including phenoxy) is 2. The number of aromatic nitrogens is 3. The maximum absolute atomic E-state index is 13.3. The lowest BCUT2D eigenvalue weighted by atomic mass is 10.0. The van der Waals surface area contributed by atoms with Crippen LogP contribution in [0.15, 0.2) is 46.2 Å². The number of furan rings is 1. The second-order valence-electron chi connectivity index (χ2n) is 8.47. The number of likely N-dealkylation sites (tertiary alicyclic amines) is 1. The predicted molar refractivity (Wildman–Crippen MR) is 127 cm³/mol. The minimum absolute atomic E-state index is 0.00560. The molecule has 35 heavy (non-hydrogen) atoms. The number of hydrogen-bond acceptors (Lipinski definition) is 8. The van der Waals surface area contributed by atoms with E-state index in [0.717, 1.165) is 35.7 Å². The topological polar surface area (TPSA) is 126 Å². The highest BCUT2D eigenvalue weighted by Crippen LogP contribution is 2.38. The number of aryl methyl sites for hydroxylation is 1. The van der Waals surface area contributed by atoms with Crippen molar-refractivity contribution < 1.29 is 23.5 Å². The standard InChI is InChI=1S/C24H27N5O5S/c25-21(30)7-8-22-26-27-24(29(22)14-17-3-2-10-32-17)35-15-23(31)28-9-1-4-18(28)16-5-6-19-20(13-16)34-12-11-33-19/h2-3,5-6,10,13,18H,1,4,7-9,11-12,14-15H2,(H2,25,30). The van der Waals surface area contributed by atoms with Gasteiger partial charge in [0.25, 0.3) is 0 Å². The van der Waals surface area contributed by atoms with Crippen LogP contribution in [-0.2, 0) is 22.6 Å². The number of fused-ring (bicyclic) bond motifs is 1. The first-order valence-electron chi connectivity index (χ1n) is 11.6. The monoisotopic (exact) mass is 497 g/mol. The average molecular weight is 498 g/mol. The summed E-state index contributed by atoms with van der Waals surface area (Å²) < 4.78 is 18.7. The van der Waals surface area contributed by atoms with Crippen LogP contribution in [0.2, 0.25) is 0 Å². The molecule has 2 aliphatic rings. The first-order valence-corrected chi connectivity index (χ1v) is 12.6. The summed E-state index contributed by atoms with van der Waals surface area (Å²) in [5.74, 6) is 2.71.